The topological polar surface area (TPSA) is 70.1 Å². The normalized spacial score (nSPS) is 14.9. The van der Waals surface area contributed by atoms with E-state index in [1.54, 1.807) is 10.8 Å². The van der Waals surface area contributed by atoms with Crippen LogP contribution in [-0.2, 0) is 17.9 Å². The number of aryl methyl sites for hydroxylation is 1. The Morgan fingerprint density at radius 3 is 2.59 bits per heavy atom. The zero-order valence-corrected chi connectivity index (χ0v) is 17.2. The fourth-order valence-electron chi connectivity index (χ4n) is 3.53. The van der Waals surface area contributed by atoms with E-state index in [0.29, 0.717) is 23.7 Å². The quantitative estimate of drug-likeness (QED) is 0.658. The second-order valence-electron chi connectivity index (χ2n) is 7.32. The fraction of sp³-hybridized carbons (Fsp3) is 0.333. The Labute approximate surface area is 175 Å². The van der Waals surface area contributed by atoms with Crippen molar-refractivity contribution in [2.75, 3.05) is 26.2 Å². The minimum atomic E-state index is 0.0666. The number of piperazine rings is 1. The highest BCUT2D eigenvalue weighted by atomic mass is 32.1. The van der Waals surface area contributed by atoms with Gasteiger partial charge in [0.25, 0.3) is 0 Å². The van der Waals surface area contributed by atoms with E-state index in [0.717, 1.165) is 25.2 Å². The second kappa shape index (κ2) is 8.67. The van der Waals surface area contributed by atoms with Gasteiger partial charge in [0.05, 0.1) is 0 Å². The van der Waals surface area contributed by atoms with Crippen molar-refractivity contribution in [3.05, 3.63) is 64.7 Å². The average molecular weight is 409 g/mol. The van der Waals surface area contributed by atoms with E-state index < -0.39 is 0 Å². The molecule has 1 N–H and O–H groups in total. The van der Waals surface area contributed by atoms with Gasteiger partial charge in [0, 0.05) is 50.7 Å². The van der Waals surface area contributed by atoms with E-state index >= 15 is 0 Å². The van der Waals surface area contributed by atoms with Gasteiger partial charge in [-0.2, -0.15) is 5.10 Å². The summed E-state index contributed by atoms with van der Waals surface area (Å²) in [6, 6.07) is 12.1. The lowest BCUT2D eigenvalue weighted by Crippen LogP contribution is -2.49. The molecule has 0 bridgehead atoms. The maximum Gasteiger partial charge on any atom is 0.242 e. The molecule has 1 aliphatic rings. The number of rotatable bonds is 5. The van der Waals surface area contributed by atoms with Crippen LogP contribution in [0.3, 0.4) is 0 Å². The third kappa shape index (κ3) is 4.60. The molecular weight excluding hydrogens is 384 g/mol. The molecule has 0 spiro atoms. The van der Waals surface area contributed by atoms with Gasteiger partial charge in [0.15, 0.2) is 10.6 Å². The van der Waals surface area contributed by atoms with Gasteiger partial charge in [-0.05, 0) is 30.8 Å². The molecule has 3 aromatic rings. The SMILES string of the molecule is Cc1ccc(-c2n[nH]c(=S)n2CC(=O)N2CCN(Cc3cccnc3)CC2)cc1. The maximum absolute atomic E-state index is 12.9. The number of carbonyl (C=O) groups excluding carboxylic acids is 1. The number of amides is 1. The van der Waals surface area contributed by atoms with Crippen LogP contribution in [0.2, 0.25) is 0 Å². The number of hydrogen-bond acceptors (Lipinski definition) is 5. The van der Waals surface area contributed by atoms with E-state index in [2.05, 4.69) is 26.1 Å². The average Bonchev–Trinajstić information content (AvgIpc) is 3.10. The highest BCUT2D eigenvalue weighted by Gasteiger charge is 2.22. The summed E-state index contributed by atoms with van der Waals surface area (Å²) in [6.45, 7) is 6.22. The first-order chi connectivity index (χ1) is 14.1. The summed E-state index contributed by atoms with van der Waals surface area (Å²) in [5.41, 5.74) is 3.31. The van der Waals surface area contributed by atoms with Gasteiger partial charge >= 0.3 is 0 Å². The van der Waals surface area contributed by atoms with E-state index in [-0.39, 0.29) is 12.5 Å². The standard InChI is InChI=1S/C21H24N6OS/c1-16-4-6-18(7-5-16)20-23-24-21(29)27(20)15-19(28)26-11-9-25(10-12-26)14-17-3-2-8-22-13-17/h2-8,13H,9-12,14-15H2,1H3,(H,24,29). The van der Waals surface area contributed by atoms with Crippen LogP contribution in [-0.4, -0.2) is 61.6 Å². The number of pyridine rings is 1. The molecule has 1 amide bonds. The predicted octanol–water partition coefficient (Wildman–Crippen LogP) is 2.66. The third-order valence-electron chi connectivity index (χ3n) is 5.22. The number of hydrogen-bond donors (Lipinski definition) is 1. The molecule has 29 heavy (non-hydrogen) atoms. The van der Waals surface area contributed by atoms with E-state index in [4.69, 9.17) is 12.2 Å². The minimum Gasteiger partial charge on any atom is -0.339 e. The summed E-state index contributed by atoms with van der Waals surface area (Å²) in [7, 11) is 0. The largest absolute Gasteiger partial charge is 0.339 e. The molecule has 2 aromatic heterocycles. The van der Waals surface area contributed by atoms with E-state index in [1.807, 2.05) is 48.4 Å². The first-order valence-corrected chi connectivity index (χ1v) is 10.1. The highest BCUT2D eigenvalue weighted by molar-refractivity contribution is 7.71. The minimum absolute atomic E-state index is 0.0666. The van der Waals surface area contributed by atoms with Crippen molar-refractivity contribution in [1.29, 1.82) is 0 Å². The van der Waals surface area contributed by atoms with Crippen LogP contribution in [0, 0.1) is 11.7 Å². The summed E-state index contributed by atoms with van der Waals surface area (Å²) >= 11 is 5.37. The number of benzene rings is 1. The number of carbonyl (C=O) groups is 1. The zero-order valence-electron chi connectivity index (χ0n) is 16.4. The third-order valence-corrected chi connectivity index (χ3v) is 5.53. The van der Waals surface area contributed by atoms with Gasteiger partial charge in [0.2, 0.25) is 5.91 Å². The summed E-state index contributed by atoms with van der Waals surface area (Å²) in [6.07, 6.45) is 3.68. The summed E-state index contributed by atoms with van der Waals surface area (Å²) in [5.74, 6) is 0.760. The lowest BCUT2D eigenvalue weighted by Gasteiger charge is -2.34. The molecule has 3 heterocycles. The molecule has 4 rings (SSSR count). The van der Waals surface area contributed by atoms with Crippen molar-refractivity contribution in [3.8, 4) is 11.4 Å². The zero-order chi connectivity index (χ0) is 20.2. The van der Waals surface area contributed by atoms with Crippen LogP contribution in [0.4, 0.5) is 0 Å². The van der Waals surface area contributed by atoms with Gasteiger partial charge in [-0.25, -0.2) is 0 Å². The first-order valence-electron chi connectivity index (χ1n) is 9.71. The van der Waals surface area contributed by atoms with Crippen molar-refractivity contribution in [1.82, 2.24) is 29.5 Å². The van der Waals surface area contributed by atoms with Crippen molar-refractivity contribution in [2.45, 2.75) is 20.0 Å². The molecule has 1 saturated heterocycles. The van der Waals surface area contributed by atoms with E-state index in [1.165, 1.54) is 11.1 Å². The molecular formula is C21H24N6OS. The molecule has 150 valence electrons. The number of aromatic nitrogens is 4. The Kier molecular flexibility index (Phi) is 5.82. The molecule has 0 atom stereocenters. The maximum atomic E-state index is 12.9. The van der Waals surface area contributed by atoms with Crippen LogP contribution < -0.4 is 0 Å². The summed E-state index contributed by atoms with van der Waals surface area (Å²) < 4.78 is 2.24. The number of H-pyrrole nitrogens is 1. The Morgan fingerprint density at radius 2 is 1.90 bits per heavy atom. The van der Waals surface area contributed by atoms with E-state index in [9.17, 15) is 4.79 Å². The molecule has 7 nitrogen and oxygen atoms in total. The number of nitrogens with zero attached hydrogens (tertiary/aromatic N) is 5. The first kappa shape index (κ1) is 19.5. The lowest BCUT2D eigenvalue weighted by atomic mass is 10.1. The number of nitrogens with one attached hydrogen (secondary N) is 1. The molecule has 0 saturated carbocycles. The smallest absolute Gasteiger partial charge is 0.242 e. The van der Waals surface area contributed by atoms with Crippen molar-refractivity contribution in [2.24, 2.45) is 0 Å². The highest BCUT2D eigenvalue weighted by Crippen LogP contribution is 2.18. The Balaban J connectivity index is 1.39. The number of aromatic amines is 1. The lowest BCUT2D eigenvalue weighted by molar-refractivity contribution is -0.133. The Morgan fingerprint density at radius 1 is 1.14 bits per heavy atom. The Hall–Kier alpha value is -2.84. The van der Waals surface area contributed by atoms with Crippen LogP contribution >= 0.6 is 12.2 Å². The monoisotopic (exact) mass is 408 g/mol. The van der Waals surface area contributed by atoms with Crippen LogP contribution in [0.25, 0.3) is 11.4 Å². The van der Waals surface area contributed by atoms with Gasteiger partial charge in [-0.15, -0.1) is 0 Å². The predicted molar refractivity (Wildman–Crippen MR) is 114 cm³/mol. The summed E-state index contributed by atoms with van der Waals surface area (Å²) in [5, 5.41) is 7.16. The molecule has 0 radical (unpaired) electrons. The molecule has 0 unspecified atom stereocenters. The van der Waals surface area contributed by atoms with Gasteiger partial charge in [-0.3, -0.25) is 24.3 Å². The second-order valence-corrected chi connectivity index (χ2v) is 7.71. The fourth-order valence-corrected chi connectivity index (χ4v) is 3.72. The Bertz CT molecular complexity index is 1020. The molecule has 1 aliphatic heterocycles. The van der Waals surface area contributed by atoms with Crippen LogP contribution in [0.5, 0.6) is 0 Å². The molecule has 1 aromatic carbocycles. The van der Waals surface area contributed by atoms with Crippen LogP contribution in [0.1, 0.15) is 11.1 Å². The molecule has 8 heteroatoms. The van der Waals surface area contributed by atoms with Crippen molar-refractivity contribution in [3.63, 3.8) is 0 Å². The van der Waals surface area contributed by atoms with Crippen molar-refractivity contribution < 1.29 is 4.79 Å². The molecule has 0 aliphatic carbocycles. The summed E-state index contributed by atoms with van der Waals surface area (Å²) in [4.78, 5) is 21.3. The molecule has 1 fully saturated rings. The van der Waals surface area contributed by atoms with Crippen LogP contribution in [0.15, 0.2) is 48.8 Å². The van der Waals surface area contributed by atoms with Gasteiger partial charge in [0.1, 0.15) is 6.54 Å². The van der Waals surface area contributed by atoms with Gasteiger partial charge in [-0.1, -0.05) is 35.9 Å². The van der Waals surface area contributed by atoms with Crippen molar-refractivity contribution >= 4 is 18.1 Å². The van der Waals surface area contributed by atoms with Gasteiger partial charge < -0.3 is 4.90 Å².